The van der Waals surface area contributed by atoms with E-state index in [4.69, 9.17) is 10.5 Å². The molecular formula is C13H23N3OS. The van der Waals surface area contributed by atoms with E-state index in [9.17, 15) is 0 Å². The van der Waals surface area contributed by atoms with Crippen LogP contribution in [-0.2, 0) is 0 Å². The summed E-state index contributed by atoms with van der Waals surface area (Å²) in [4.78, 5) is 6.59. The topological polar surface area (TPSA) is 51.4 Å². The molecule has 0 aliphatic heterocycles. The van der Waals surface area contributed by atoms with Gasteiger partial charge in [0.05, 0.1) is 12.3 Å². The molecule has 5 heteroatoms. The molecule has 4 nitrogen and oxygen atoms in total. The largest absolute Gasteiger partial charge is 0.476 e. The minimum absolute atomic E-state index is 0.469. The molecule has 2 N–H and O–H groups in total. The Balaban J connectivity index is 2.56. The number of hydrogen-bond acceptors (Lipinski definition) is 5. The van der Waals surface area contributed by atoms with Crippen LogP contribution in [0.25, 0.3) is 0 Å². The van der Waals surface area contributed by atoms with E-state index in [1.165, 1.54) is 0 Å². The van der Waals surface area contributed by atoms with Crippen LogP contribution >= 0.6 is 11.8 Å². The number of aromatic nitrogens is 1. The molecule has 0 radical (unpaired) electrons. The summed E-state index contributed by atoms with van der Waals surface area (Å²) >= 11 is 1.72. The van der Waals surface area contributed by atoms with Gasteiger partial charge in [-0.15, -0.1) is 11.8 Å². The van der Waals surface area contributed by atoms with E-state index >= 15 is 0 Å². The Bertz CT molecular complexity index is 369. The fraction of sp³-hybridized carbons (Fsp3) is 0.615. The average molecular weight is 269 g/mol. The highest BCUT2D eigenvalue weighted by Gasteiger charge is 2.06. The molecule has 0 fully saturated rings. The zero-order valence-electron chi connectivity index (χ0n) is 11.6. The van der Waals surface area contributed by atoms with Gasteiger partial charge in [-0.1, -0.05) is 13.8 Å². The van der Waals surface area contributed by atoms with Gasteiger partial charge in [-0.25, -0.2) is 4.98 Å². The van der Waals surface area contributed by atoms with Crippen molar-refractivity contribution in [2.24, 2.45) is 5.92 Å². The summed E-state index contributed by atoms with van der Waals surface area (Å²) in [7, 11) is 4.13. The van der Waals surface area contributed by atoms with Gasteiger partial charge >= 0.3 is 0 Å². The molecule has 18 heavy (non-hydrogen) atoms. The normalized spacial score (nSPS) is 11.2. The highest BCUT2D eigenvalue weighted by Crippen LogP contribution is 2.24. The third kappa shape index (κ3) is 5.60. The molecule has 0 unspecified atom stereocenters. The molecule has 0 amide bonds. The lowest BCUT2D eigenvalue weighted by atomic mass is 10.2. The van der Waals surface area contributed by atoms with E-state index in [0.717, 1.165) is 17.3 Å². The number of rotatable bonds is 7. The Labute approximate surface area is 114 Å². The summed E-state index contributed by atoms with van der Waals surface area (Å²) in [6.45, 7) is 5.87. The summed E-state index contributed by atoms with van der Waals surface area (Å²) in [5.41, 5.74) is 6.45. The standard InChI is InChI=1S/C13H23N3OS/c1-10(2)9-17-13-11(14)5-6-12(15-13)18-8-7-16(3)4/h5-6,10H,7-9,14H2,1-4H3. The summed E-state index contributed by atoms with van der Waals surface area (Å²) in [6, 6.07) is 3.80. The highest BCUT2D eigenvalue weighted by molar-refractivity contribution is 7.99. The number of hydrogen-bond donors (Lipinski definition) is 1. The van der Waals surface area contributed by atoms with Gasteiger partial charge in [0.2, 0.25) is 5.88 Å². The number of anilines is 1. The van der Waals surface area contributed by atoms with Crippen LogP contribution in [0.4, 0.5) is 5.69 Å². The second-order valence-electron chi connectivity index (χ2n) is 4.90. The lowest BCUT2D eigenvalue weighted by Crippen LogP contribution is -2.14. The Morgan fingerprint density at radius 1 is 1.39 bits per heavy atom. The Hall–Kier alpha value is -0.940. The summed E-state index contributed by atoms with van der Waals surface area (Å²) in [5.74, 6) is 2.03. The lowest BCUT2D eigenvalue weighted by Gasteiger charge is -2.12. The molecule has 0 atom stereocenters. The van der Waals surface area contributed by atoms with Crippen molar-refractivity contribution in [1.82, 2.24) is 9.88 Å². The number of nitrogens with zero attached hydrogens (tertiary/aromatic N) is 2. The van der Waals surface area contributed by atoms with Gasteiger partial charge in [0.25, 0.3) is 0 Å². The molecule has 0 bridgehead atoms. The molecule has 0 spiro atoms. The van der Waals surface area contributed by atoms with Crippen molar-refractivity contribution in [1.29, 1.82) is 0 Å². The van der Waals surface area contributed by atoms with Crippen molar-refractivity contribution in [3.63, 3.8) is 0 Å². The Kier molecular flexibility index (Phi) is 6.29. The van der Waals surface area contributed by atoms with Crippen molar-refractivity contribution in [2.75, 3.05) is 38.7 Å². The van der Waals surface area contributed by atoms with Crippen LogP contribution in [0, 0.1) is 5.92 Å². The molecule has 1 heterocycles. The molecule has 0 saturated heterocycles. The number of pyridine rings is 1. The van der Waals surface area contributed by atoms with Gasteiger partial charge in [0.15, 0.2) is 0 Å². The van der Waals surface area contributed by atoms with Gasteiger partial charge in [0.1, 0.15) is 5.03 Å². The third-order valence-electron chi connectivity index (χ3n) is 2.21. The fourth-order valence-electron chi connectivity index (χ4n) is 1.21. The first-order valence-electron chi connectivity index (χ1n) is 6.16. The molecule has 0 aromatic carbocycles. The summed E-state index contributed by atoms with van der Waals surface area (Å²) in [6.07, 6.45) is 0. The molecule has 0 saturated carbocycles. The first-order valence-corrected chi connectivity index (χ1v) is 7.14. The van der Waals surface area contributed by atoms with Gasteiger partial charge in [-0.2, -0.15) is 0 Å². The average Bonchev–Trinajstić information content (AvgIpc) is 2.29. The second kappa shape index (κ2) is 7.48. The van der Waals surface area contributed by atoms with E-state index in [-0.39, 0.29) is 0 Å². The summed E-state index contributed by atoms with van der Waals surface area (Å²) in [5, 5.41) is 0.963. The van der Waals surface area contributed by atoms with Crippen LogP contribution in [0.1, 0.15) is 13.8 Å². The maximum atomic E-state index is 5.85. The van der Waals surface area contributed by atoms with E-state index in [1.54, 1.807) is 11.8 Å². The smallest absolute Gasteiger partial charge is 0.238 e. The van der Waals surface area contributed by atoms with Crippen LogP contribution in [0.5, 0.6) is 5.88 Å². The van der Waals surface area contributed by atoms with Crippen molar-refractivity contribution in [2.45, 2.75) is 18.9 Å². The minimum atomic E-state index is 0.469. The van der Waals surface area contributed by atoms with Crippen LogP contribution in [0.3, 0.4) is 0 Å². The van der Waals surface area contributed by atoms with Crippen molar-refractivity contribution < 1.29 is 4.74 Å². The molecule has 1 aromatic rings. The molecule has 102 valence electrons. The van der Waals surface area contributed by atoms with Crippen molar-refractivity contribution in [3.05, 3.63) is 12.1 Å². The lowest BCUT2D eigenvalue weighted by molar-refractivity contribution is 0.261. The van der Waals surface area contributed by atoms with Crippen LogP contribution in [0.2, 0.25) is 0 Å². The predicted octanol–water partition coefficient (Wildman–Crippen LogP) is 2.35. The quantitative estimate of drug-likeness (QED) is 0.770. The van der Waals surface area contributed by atoms with E-state index in [0.29, 0.717) is 24.1 Å². The third-order valence-corrected chi connectivity index (χ3v) is 3.12. The fourth-order valence-corrected chi connectivity index (χ4v) is 2.19. The minimum Gasteiger partial charge on any atom is -0.476 e. The van der Waals surface area contributed by atoms with Crippen molar-refractivity contribution >= 4 is 17.4 Å². The van der Waals surface area contributed by atoms with Crippen molar-refractivity contribution in [3.8, 4) is 5.88 Å². The van der Waals surface area contributed by atoms with Gasteiger partial charge in [-0.05, 0) is 32.1 Å². The Morgan fingerprint density at radius 3 is 2.72 bits per heavy atom. The van der Waals surface area contributed by atoms with E-state index in [2.05, 4.69) is 37.8 Å². The zero-order chi connectivity index (χ0) is 13.5. The molecule has 0 aliphatic carbocycles. The van der Waals surface area contributed by atoms with Gasteiger partial charge < -0.3 is 15.4 Å². The molecule has 0 aliphatic rings. The number of nitrogens with two attached hydrogens (primary N) is 1. The molecular weight excluding hydrogens is 246 g/mol. The molecule has 1 rings (SSSR count). The zero-order valence-corrected chi connectivity index (χ0v) is 12.5. The first kappa shape index (κ1) is 15.1. The first-order chi connectivity index (χ1) is 8.49. The molecule has 1 aromatic heterocycles. The van der Waals surface area contributed by atoms with Crippen LogP contribution < -0.4 is 10.5 Å². The summed E-state index contributed by atoms with van der Waals surface area (Å²) < 4.78 is 5.61. The number of thioether (sulfide) groups is 1. The van der Waals surface area contributed by atoms with Gasteiger partial charge in [0, 0.05) is 12.3 Å². The SMILES string of the molecule is CC(C)COc1nc(SCCN(C)C)ccc1N. The second-order valence-corrected chi connectivity index (χ2v) is 6.02. The highest BCUT2D eigenvalue weighted by atomic mass is 32.2. The van der Waals surface area contributed by atoms with Crippen LogP contribution in [0.15, 0.2) is 17.2 Å². The Morgan fingerprint density at radius 2 is 2.11 bits per heavy atom. The number of ether oxygens (including phenoxy) is 1. The monoisotopic (exact) mass is 269 g/mol. The van der Waals surface area contributed by atoms with Gasteiger partial charge in [-0.3, -0.25) is 0 Å². The van der Waals surface area contributed by atoms with Crippen LogP contribution in [-0.4, -0.2) is 42.9 Å². The number of nitrogen functional groups attached to an aromatic ring is 1. The maximum Gasteiger partial charge on any atom is 0.238 e. The predicted molar refractivity (Wildman–Crippen MR) is 78.3 cm³/mol. The van der Waals surface area contributed by atoms with E-state index < -0.39 is 0 Å². The van der Waals surface area contributed by atoms with E-state index in [1.807, 2.05) is 12.1 Å². The maximum absolute atomic E-state index is 5.85.